The Labute approximate surface area is 118 Å². The predicted octanol–water partition coefficient (Wildman–Crippen LogP) is 2.61. The molecule has 0 aliphatic heterocycles. The van der Waals surface area contributed by atoms with Crippen LogP contribution >= 0.6 is 0 Å². The summed E-state index contributed by atoms with van der Waals surface area (Å²) in [7, 11) is 2.17. The maximum atomic E-state index is 13.1. The lowest BCUT2D eigenvalue weighted by atomic mass is 10.2. The summed E-state index contributed by atoms with van der Waals surface area (Å²) in [6.07, 6.45) is -6.72. The molecule has 5 nitrogen and oxygen atoms in total. The molecule has 1 rings (SSSR count). The van der Waals surface area contributed by atoms with Crippen LogP contribution in [0.1, 0.15) is 10.5 Å². The van der Waals surface area contributed by atoms with Gasteiger partial charge in [0, 0.05) is 13.1 Å². The van der Waals surface area contributed by atoms with Gasteiger partial charge in [0.05, 0.1) is 7.11 Å². The predicted molar refractivity (Wildman–Crippen MR) is 54.8 cm³/mol. The van der Waals surface area contributed by atoms with Crippen LogP contribution in [-0.4, -0.2) is 40.8 Å². The Kier molecular flexibility index (Phi) is 4.38. The van der Waals surface area contributed by atoms with E-state index >= 15 is 0 Å². The number of aromatic nitrogens is 1. The van der Waals surface area contributed by atoms with Gasteiger partial charge in [0.15, 0.2) is 5.88 Å². The monoisotopic (exact) mass is 337 g/mol. The van der Waals surface area contributed by atoms with Crippen LogP contribution in [0, 0.1) is 0 Å². The fourth-order valence-corrected chi connectivity index (χ4v) is 1.44. The van der Waals surface area contributed by atoms with Crippen molar-refractivity contribution in [3.05, 3.63) is 17.8 Å². The minimum absolute atomic E-state index is 0.109. The molecule has 0 aliphatic rings. The fraction of sp³-hybridized carbons (Fsp3) is 0.500. The first kappa shape index (κ1) is 18.1. The van der Waals surface area contributed by atoms with Gasteiger partial charge in [-0.25, -0.2) is 0 Å². The van der Waals surface area contributed by atoms with E-state index in [2.05, 4.69) is 4.74 Å². The smallest absolute Gasteiger partial charge is 0.462 e. The van der Waals surface area contributed by atoms with Gasteiger partial charge in [0.25, 0.3) is 0 Å². The van der Waals surface area contributed by atoms with Crippen LogP contribution in [0.25, 0.3) is 0 Å². The zero-order chi connectivity index (χ0) is 17.5. The van der Waals surface area contributed by atoms with Crippen LogP contribution in [0.4, 0.5) is 30.7 Å². The van der Waals surface area contributed by atoms with Crippen LogP contribution in [-0.2, 0) is 12.3 Å². The lowest BCUT2D eigenvalue weighted by molar-refractivity contribution is -0.425. The average Bonchev–Trinajstić information content (AvgIpc) is 2.76. The highest BCUT2D eigenvalue weighted by molar-refractivity contribution is 5.92. The van der Waals surface area contributed by atoms with Crippen LogP contribution < -0.4 is 4.74 Å². The molecule has 0 N–H and O–H groups in total. The van der Waals surface area contributed by atoms with E-state index < -0.39 is 34.8 Å². The molecule has 0 saturated carbocycles. The average molecular weight is 337 g/mol. The summed E-state index contributed by atoms with van der Waals surface area (Å²) in [5.41, 5.74) is -0.857. The van der Waals surface area contributed by atoms with Crippen molar-refractivity contribution in [2.75, 3.05) is 7.11 Å². The summed E-state index contributed by atoms with van der Waals surface area (Å²) in [4.78, 5) is 11.5. The Morgan fingerprint density at radius 1 is 1.14 bits per heavy atom. The molecule has 12 heteroatoms. The first-order chi connectivity index (χ1) is 9.79. The van der Waals surface area contributed by atoms with E-state index in [9.17, 15) is 40.7 Å². The van der Waals surface area contributed by atoms with Gasteiger partial charge in [0.1, 0.15) is 5.69 Å². The van der Waals surface area contributed by atoms with E-state index in [1.165, 1.54) is 0 Å². The van der Waals surface area contributed by atoms with Crippen molar-refractivity contribution in [2.24, 2.45) is 7.05 Å². The van der Waals surface area contributed by atoms with Gasteiger partial charge in [-0.1, -0.05) is 5.21 Å². The number of amides is 1. The SMILES string of the molecule is COc1ccc(C(=O)N([O])C(F)(F)C(F)(F)C(F)(F)F)n1C. The molecule has 0 aromatic carbocycles. The molecule has 1 amide bonds. The normalized spacial score (nSPS) is 13.2. The molecule has 125 valence electrons. The molecule has 0 bridgehead atoms. The van der Waals surface area contributed by atoms with E-state index in [-0.39, 0.29) is 5.88 Å². The standard InChI is InChI=1S/C10H8F7N2O3/c1-18-5(3-4-6(18)22-2)7(20)19(21)10(16,17)8(11,12)9(13,14)15/h3-4H,1-2H3. The van der Waals surface area contributed by atoms with Gasteiger partial charge in [-0.05, 0) is 6.07 Å². The molecule has 0 spiro atoms. The lowest BCUT2D eigenvalue weighted by Gasteiger charge is -2.31. The van der Waals surface area contributed by atoms with E-state index in [1.807, 2.05) is 0 Å². The Morgan fingerprint density at radius 3 is 2.00 bits per heavy atom. The summed E-state index contributed by atoms with van der Waals surface area (Å²) in [6, 6.07) is -4.53. The van der Waals surface area contributed by atoms with Gasteiger partial charge < -0.3 is 9.30 Å². The maximum Gasteiger partial charge on any atom is 0.462 e. The molecule has 1 heterocycles. The number of ether oxygens (including phenoxy) is 1. The van der Waals surface area contributed by atoms with Crippen LogP contribution in [0.5, 0.6) is 5.88 Å². The van der Waals surface area contributed by atoms with Crippen molar-refractivity contribution in [2.45, 2.75) is 18.1 Å². The van der Waals surface area contributed by atoms with Gasteiger partial charge in [0.2, 0.25) is 0 Å². The third-order valence-corrected chi connectivity index (χ3v) is 2.68. The molecule has 0 atom stereocenters. The highest BCUT2D eigenvalue weighted by Crippen LogP contribution is 2.48. The summed E-state index contributed by atoms with van der Waals surface area (Å²) in [5, 5.41) is 8.89. The van der Waals surface area contributed by atoms with Crippen molar-refractivity contribution < 1.29 is 45.5 Å². The van der Waals surface area contributed by atoms with Crippen molar-refractivity contribution in [1.82, 2.24) is 9.63 Å². The summed E-state index contributed by atoms with van der Waals surface area (Å²) in [5.74, 6) is -9.10. The van der Waals surface area contributed by atoms with Crippen LogP contribution in [0.2, 0.25) is 0 Å². The number of carbonyl (C=O) groups excluding carboxylic acids is 1. The number of nitrogens with zero attached hydrogens (tertiary/aromatic N) is 2. The van der Waals surface area contributed by atoms with Crippen molar-refractivity contribution in [1.29, 1.82) is 0 Å². The molecular weight excluding hydrogens is 329 g/mol. The number of carbonyl (C=O) groups is 1. The number of methoxy groups -OCH3 is 1. The van der Waals surface area contributed by atoms with E-state index in [4.69, 9.17) is 0 Å². The zero-order valence-electron chi connectivity index (χ0n) is 10.9. The van der Waals surface area contributed by atoms with Crippen molar-refractivity contribution >= 4 is 5.91 Å². The molecule has 22 heavy (non-hydrogen) atoms. The van der Waals surface area contributed by atoms with Crippen molar-refractivity contribution in [3.63, 3.8) is 0 Å². The molecule has 0 fully saturated rings. The molecule has 1 aromatic heterocycles. The number of hydrogen-bond donors (Lipinski definition) is 0. The van der Waals surface area contributed by atoms with Crippen LogP contribution in [0.3, 0.4) is 0 Å². The fourth-order valence-electron chi connectivity index (χ4n) is 1.44. The van der Waals surface area contributed by atoms with Crippen molar-refractivity contribution in [3.8, 4) is 5.88 Å². The Balaban J connectivity index is 3.21. The Bertz CT molecular complexity index is 567. The highest BCUT2D eigenvalue weighted by atomic mass is 19.4. The summed E-state index contributed by atoms with van der Waals surface area (Å²) >= 11 is 0. The lowest BCUT2D eigenvalue weighted by Crippen LogP contribution is -2.61. The first-order valence-electron chi connectivity index (χ1n) is 5.32. The minimum Gasteiger partial charge on any atom is -0.482 e. The third kappa shape index (κ3) is 2.58. The van der Waals surface area contributed by atoms with Gasteiger partial charge in [-0.15, -0.1) is 5.06 Å². The summed E-state index contributed by atoms with van der Waals surface area (Å²) < 4.78 is 92.9. The molecule has 0 aliphatic carbocycles. The zero-order valence-corrected chi connectivity index (χ0v) is 10.9. The Morgan fingerprint density at radius 2 is 1.64 bits per heavy atom. The molecular formula is C10H8F7N2O3. The van der Waals surface area contributed by atoms with Gasteiger partial charge in [-0.2, -0.15) is 30.7 Å². The number of halogens is 7. The van der Waals surface area contributed by atoms with Crippen LogP contribution in [0.15, 0.2) is 12.1 Å². The molecule has 1 radical (unpaired) electrons. The second-order valence-corrected chi connectivity index (χ2v) is 4.03. The van der Waals surface area contributed by atoms with Gasteiger partial charge in [-0.3, -0.25) is 4.79 Å². The second kappa shape index (κ2) is 5.34. The molecule has 0 unspecified atom stereocenters. The summed E-state index contributed by atoms with van der Waals surface area (Å²) in [6.45, 7) is 0. The largest absolute Gasteiger partial charge is 0.482 e. The molecule has 0 saturated heterocycles. The number of alkyl halides is 7. The van der Waals surface area contributed by atoms with E-state index in [0.29, 0.717) is 0 Å². The first-order valence-corrected chi connectivity index (χ1v) is 5.32. The highest BCUT2D eigenvalue weighted by Gasteiger charge is 2.77. The number of hydroxylamine groups is 2. The maximum absolute atomic E-state index is 13.1. The number of rotatable bonds is 4. The second-order valence-electron chi connectivity index (χ2n) is 4.03. The topological polar surface area (TPSA) is 54.4 Å². The van der Waals surface area contributed by atoms with E-state index in [1.54, 1.807) is 0 Å². The van der Waals surface area contributed by atoms with Gasteiger partial charge >= 0.3 is 24.1 Å². The number of hydrogen-bond acceptors (Lipinski definition) is 2. The van der Waals surface area contributed by atoms with E-state index in [0.717, 1.165) is 30.9 Å². The minimum atomic E-state index is -6.72. The quantitative estimate of drug-likeness (QED) is 0.482. The third-order valence-electron chi connectivity index (χ3n) is 2.68. The Hall–Kier alpha value is -1.98. The molecule has 1 aromatic rings.